The second-order valence-electron chi connectivity index (χ2n) is 6.37. The molecule has 2 heterocycles. The van der Waals surface area contributed by atoms with Gasteiger partial charge in [0, 0.05) is 26.2 Å². The summed E-state index contributed by atoms with van der Waals surface area (Å²) in [5.74, 6) is 0.292. The molecule has 0 saturated carbocycles. The van der Waals surface area contributed by atoms with E-state index in [4.69, 9.17) is 20.5 Å². The Hall–Kier alpha value is -1.60. The third kappa shape index (κ3) is 7.34. The highest BCUT2D eigenvalue weighted by Crippen LogP contribution is 2.14. The topological polar surface area (TPSA) is 152 Å². The van der Waals surface area contributed by atoms with E-state index in [1.807, 2.05) is 0 Å². The molecule has 0 spiro atoms. The Balaban J connectivity index is 1.70. The number of hydrogen-bond donors (Lipinski definition) is 4. The molecule has 146 valence electrons. The molecule has 1 unspecified atom stereocenters. The monoisotopic (exact) mass is 369 g/mol. The molecular formula is C14H28BN7O4. The van der Waals surface area contributed by atoms with Gasteiger partial charge in [-0.3, -0.25) is 9.69 Å². The van der Waals surface area contributed by atoms with Gasteiger partial charge >= 0.3 is 7.12 Å². The number of nitrogens with zero attached hydrogens (tertiary/aromatic N) is 5. The number of unbranched alkanes of at least 4 members (excludes halogenated alkanes) is 1. The first-order valence-electron chi connectivity index (χ1n) is 9.01. The molecule has 1 aliphatic heterocycles. The van der Waals surface area contributed by atoms with Gasteiger partial charge in [-0.15, -0.1) is 5.10 Å². The van der Waals surface area contributed by atoms with Crippen LogP contribution >= 0.6 is 0 Å². The van der Waals surface area contributed by atoms with Crippen LogP contribution in [0.5, 0.6) is 0 Å². The SMILES string of the molecule is NC(CCCCB(O)O)c1nnnn1CC(=O)NCCN1CCOCC1. The van der Waals surface area contributed by atoms with Crippen LogP contribution in [0.25, 0.3) is 0 Å². The molecule has 0 aromatic carbocycles. The van der Waals surface area contributed by atoms with E-state index in [0.717, 1.165) is 39.3 Å². The van der Waals surface area contributed by atoms with Gasteiger partial charge in [-0.1, -0.05) is 12.8 Å². The van der Waals surface area contributed by atoms with E-state index in [2.05, 4.69) is 25.7 Å². The van der Waals surface area contributed by atoms with Crippen LogP contribution in [0.2, 0.25) is 6.32 Å². The molecule has 1 amide bonds. The minimum atomic E-state index is -1.29. The van der Waals surface area contributed by atoms with Crippen molar-refractivity contribution in [1.29, 1.82) is 0 Å². The lowest BCUT2D eigenvalue weighted by Crippen LogP contribution is -2.42. The van der Waals surface area contributed by atoms with E-state index in [1.54, 1.807) is 0 Å². The first-order chi connectivity index (χ1) is 12.6. The van der Waals surface area contributed by atoms with Crippen molar-refractivity contribution in [2.75, 3.05) is 39.4 Å². The lowest BCUT2D eigenvalue weighted by Gasteiger charge is -2.26. The van der Waals surface area contributed by atoms with Gasteiger partial charge in [0.1, 0.15) is 6.54 Å². The molecule has 0 bridgehead atoms. The number of nitrogens with one attached hydrogen (secondary N) is 1. The number of rotatable bonds is 11. The number of tetrazole rings is 1. The van der Waals surface area contributed by atoms with Crippen molar-refractivity contribution in [1.82, 2.24) is 30.4 Å². The van der Waals surface area contributed by atoms with Crippen LogP contribution in [-0.4, -0.2) is 87.6 Å². The molecule has 5 N–H and O–H groups in total. The normalized spacial score (nSPS) is 16.4. The molecule has 0 aliphatic carbocycles. The van der Waals surface area contributed by atoms with Crippen LogP contribution in [-0.2, 0) is 16.1 Å². The van der Waals surface area contributed by atoms with Gasteiger partial charge in [0.25, 0.3) is 0 Å². The van der Waals surface area contributed by atoms with Gasteiger partial charge in [-0.25, -0.2) is 4.68 Å². The Morgan fingerprint density at radius 1 is 1.35 bits per heavy atom. The van der Waals surface area contributed by atoms with E-state index in [-0.39, 0.29) is 12.5 Å². The van der Waals surface area contributed by atoms with Crippen LogP contribution in [0, 0.1) is 0 Å². The Bertz CT molecular complexity index is 539. The quantitative estimate of drug-likeness (QED) is 0.251. The van der Waals surface area contributed by atoms with Gasteiger partial charge in [0.05, 0.1) is 19.3 Å². The maximum atomic E-state index is 12.1. The largest absolute Gasteiger partial charge is 0.451 e. The molecule has 1 atom stereocenters. The summed E-state index contributed by atoms with van der Waals surface area (Å²) >= 11 is 0. The average molecular weight is 369 g/mol. The van der Waals surface area contributed by atoms with E-state index >= 15 is 0 Å². The molecular weight excluding hydrogens is 341 g/mol. The van der Waals surface area contributed by atoms with Crippen molar-refractivity contribution in [2.45, 2.75) is 38.2 Å². The summed E-state index contributed by atoms with van der Waals surface area (Å²) in [6.45, 7) is 4.60. The van der Waals surface area contributed by atoms with Gasteiger partial charge in [0.2, 0.25) is 5.91 Å². The maximum Gasteiger partial charge on any atom is 0.451 e. The Morgan fingerprint density at radius 2 is 2.12 bits per heavy atom. The Labute approximate surface area is 153 Å². The van der Waals surface area contributed by atoms with Gasteiger partial charge in [0.15, 0.2) is 5.82 Å². The van der Waals surface area contributed by atoms with Crippen LogP contribution < -0.4 is 11.1 Å². The molecule has 1 aromatic rings. The van der Waals surface area contributed by atoms with Crippen molar-refractivity contribution in [3.05, 3.63) is 5.82 Å². The predicted octanol–water partition coefficient (Wildman–Crippen LogP) is -2.24. The summed E-state index contributed by atoms with van der Waals surface area (Å²) in [5.41, 5.74) is 6.09. The summed E-state index contributed by atoms with van der Waals surface area (Å²) in [7, 11) is -1.29. The lowest BCUT2D eigenvalue weighted by molar-refractivity contribution is -0.122. The van der Waals surface area contributed by atoms with Crippen molar-refractivity contribution >= 4 is 13.0 Å². The molecule has 2 rings (SSSR count). The lowest BCUT2D eigenvalue weighted by atomic mass is 9.83. The summed E-state index contributed by atoms with van der Waals surface area (Å²) in [5, 5.41) is 31.9. The Kier molecular flexibility index (Phi) is 8.91. The summed E-state index contributed by atoms with van der Waals surface area (Å²) in [6.07, 6.45) is 2.28. The van der Waals surface area contributed by atoms with Crippen LogP contribution in [0.3, 0.4) is 0 Å². The number of carbonyl (C=O) groups excluding carboxylic acids is 1. The first kappa shape index (κ1) is 20.7. The zero-order chi connectivity index (χ0) is 18.8. The first-order valence-corrected chi connectivity index (χ1v) is 9.01. The second-order valence-corrected chi connectivity index (χ2v) is 6.37. The average Bonchev–Trinajstić information content (AvgIpc) is 3.07. The fourth-order valence-corrected chi connectivity index (χ4v) is 2.78. The van der Waals surface area contributed by atoms with Gasteiger partial charge in [-0.2, -0.15) is 0 Å². The van der Waals surface area contributed by atoms with Crippen molar-refractivity contribution in [2.24, 2.45) is 5.73 Å². The fraction of sp³-hybridized carbons (Fsp3) is 0.857. The van der Waals surface area contributed by atoms with Crippen LogP contribution in [0.15, 0.2) is 0 Å². The highest BCUT2D eigenvalue weighted by atomic mass is 16.5. The van der Waals surface area contributed by atoms with E-state index < -0.39 is 13.2 Å². The molecule has 26 heavy (non-hydrogen) atoms. The molecule has 1 fully saturated rings. The zero-order valence-electron chi connectivity index (χ0n) is 15.0. The molecule has 1 saturated heterocycles. The van der Waals surface area contributed by atoms with Crippen LogP contribution in [0.1, 0.15) is 31.1 Å². The molecule has 11 nitrogen and oxygen atoms in total. The van der Waals surface area contributed by atoms with Crippen molar-refractivity contribution in [3.8, 4) is 0 Å². The highest BCUT2D eigenvalue weighted by molar-refractivity contribution is 6.40. The number of amides is 1. The predicted molar refractivity (Wildman–Crippen MR) is 93.9 cm³/mol. The second kappa shape index (κ2) is 11.2. The Morgan fingerprint density at radius 3 is 2.85 bits per heavy atom. The fourth-order valence-electron chi connectivity index (χ4n) is 2.78. The van der Waals surface area contributed by atoms with Gasteiger partial charge < -0.3 is 25.8 Å². The number of morpholine rings is 1. The van der Waals surface area contributed by atoms with Crippen LogP contribution in [0.4, 0.5) is 0 Å². The van der Waals surface area contributed by atoms with Gasteiger partial charge in [-0.05, 0) is 23.2 Å². The van der Waals surface area contributed by atoms with Crippen molar-refractivity contribution < 1.29 is 19.6 Å². The van der Waals surface area contributed by atoms with E-state index in [0.29, 0.717) is 31.5 Å². The number of ether oxygens (including phenoxy) is 1. The molecule has 1 aliphatic rings. The highest BCUT2D eigenvalue weighted by Gasteiger charge is 2.17. The molecule has 12 heteroatoms. The minimum Gasteiger partial charge on any atom is -0.427 e. The molecule has 1 aromatic heterocycles. The van der Waals surface area contributed by atoms with Crippen molar-refractivity contribution in [3.63, 3.8) is 0 Å². The number of nitrogens with two attached hydrogens (primary N) is 1. The number of aromatic nitrogens is 4. The van der Waals surface area contributed by atoms with E-state index in [1.165, 1.54) is 4.68 Å². The maximum absolute atomic E-state index is 12.1. The standard InChI is InChI=1S/C14H28BN7O4/c16-12(3-1-2-4-15(24)25)14-18-19-20-22(14)11-13(23)17-5-6-21-7-9-26-10-8-21/h12,24-25H,1-11,16H2,(H,17,23). The summed E-state index contributed by atoms with van der Waals surface area (Å²) in [4.78, 5) is 14.3. The smallest absolute Gasteiger partial charge is 0.427 e. The number of carbonyl (C=O) groups is 1. The number of hydrogen-bond acceptors (Lipinski definition) is 9. The molecule has 0 radical (unpaired) electrons. The third-order valence-electron chi connectivity index (χ3n) is 4.27. The zero-order valence-corrected chi connectivity index (χ0v) is 15.0. The summed E-state index contributed by atoms with van der Waals surface area (Å²) < 4.78 is 6.70. The third-order valence-corrected chi connectivity index (χ3v) is 4.27. The minimum absolute atomic E-state index is 0.0223. The summed E-state index contributed by atoms with van der Waals surface area (Å²) in [6, 6.07) is -0.401. The van der Waals surface area contributed by atoms with E-state index in [9.17, 15) is 4.79 Å².